The molecule has 0 amide bonds. The standard InChI is InChI=1S/C25H27NO4.ClH/c1-2-28-22-14-9-15-23(29-18-21(26)16-19-10-5-3-6-11-19)24(22)25(27)30-17-20-12-7-4-8-13-20;/h3-15,21H,2,16-18,26H2,1H3;1H. The molecular formula is C25H28ClNO4. The van der Waals surface area contributed by atoms with Crippen LogP contribution in [0.5, 0.6) is 11.5 Å². The zero-order valence-corrected chi connectivity index (χ0v) is 18.3. The summed E-state index contributed by atoms with van der Waals surface area (Å²) in [6.07, 6.45) is 0.680. The van der Waals surface area contributed by atoms with Gasteiger partial charge < -0.3 is 19.9 Å². The van der Waals surface area contributed by atoms with E-state index in [9.17, 15) is 4.79 Å². The summed E-state index contributed by atoms with van der Waals surface area (Å²) in [6, 6.07) is 24.6. The molecule has 3 rings (SSSR count). The quantitative estimate of drug-likeness (QED) is 0.457. The third kappa shape index (κ3) is 7.31. The third-order valence-corrected chi connectivity index (χ3v) is 4.50. The van der Waals surface area contributed by atoms with Crippen molar-refractivity contribution in [1.82, 2.24) is 0 Å². The second-order valence-corrected chi connectivity index (χ2v) is 6.88. The van der Waals surface area contributed by atoms with Gasteiger partial charge in [-0.05, 0) is 36.6 Å². The van der Waals surface area contributed by atoms with Crippen molar-refractivity contribution in [1.29, 1.82) is 0 Å². The summed E-state index contributed by atoms with van der Waals surface area (Å²) in [4.78, 5) is 12.9. The normalized spacial score (nSPS) is 11.2. The highest BCUT2D eigenvalue weighted by Crippen LogP contribution is 2.30. The number of ether oxygens (including phenoxy) is 3. The molecule has 2 N–H and O–H groups in total. The van der Waals surface area contributed by atoms with Gasteiger partial charge in [0.15, 0.2) is 0 Å². The van der Waals surface area contributed by atoms with E-state index in [-0.39, 0.29) is 37.2 Å². The molecule has 0 aromatic heterocycles. The molecule has 0 saturated heterocycles. The van der Waals surface area contributed by atoms with Crippen LogP contribution in [0.2, 0.25) is 0 Å². The number of nitrogens with two attached hydrogens (primary N) is 1. The van der Waals surface area contributed by atoms with Crippen LogP contribution in [0.1, 0.15) is 28.4 Å². The predicted octanol–water partition coefficient (Wildman–Crippen LogP) is 4.81. The number of hydrogen-bond donors (Lipinski definition) is 1. The van der Waals surface area contributed by atoms with E-state index in [4.69, 9.17) is 19.9 Å². The fourth-order valence-corrected chi connectivity index (χ4v) is 3.08. The van der Waals surface area contributed by atoms with Gasteiger partial charge in [0, 0.05) is 6.04 Å². The van der Waals surface area contributed by atoms with Crippen LogP contribution in [0.15, 0.2) is 78.9 Å². The molecule has 6 heteroatoms. The first-order valence-corrected chi connectivity index (χ1v) is 10.1. The lowest BCUT2D eigenvalue weighted by molar-refractivity contribution is 0.0463. The summed E-state index contributed by atoms with van der Waals surface area (Å²) in [6.45, 7) is 2.73. The van der Waals surface area contributed by atoms with Crippen LogP contribution >= 0.6 is 12.4 Å². The van der Waals surface area contributed by atoms with Crippen LogP contribution in [-0.2, 0) is 17.8 Å². The summed E-state index contributed by atoms with van der Waals surface area (Å²) in [5.74, 6) is 0.349. The van der Waals surface area contributed by atoms with Crippen molar-refractivity contribution >= 4 is 18.4 Å². The topological polar surface area (TPSA) is 70.8 Å². The maximum atomic E-state index is 12.9. The van der Waals surface area contributed by atoms with Gasteiger partial charge in [0.2, 0.25) is 0 Å². The van der Waals surface area contributed by atoms with Crippen molar-refractivity contribution in [2.45, 2.75) is 26.0 Å². The number of carbonyl (C=O) groups excluding carboxylic acids is 1. The first-order chi connectivity index (χ1) is 14.7. The maximum absolute atomic E-state index is 12.9. The van der Waals surface area contributed by atoms with E-state index < -0.39 is 5.97 Å². The molecule has 0 radical (unpaired) electrons. The SMILES string of the molecule is CCOc1cccc(OCC(N)Cc2ccccc2)c1C(=O)OCc1ccccc1.Cl. The molecule has 0 fully saturated rings. The highest BCUT2D eigenvalue weighted by molar-refractivity contribution is 5.95. The average molecular weight is 442 g/mol. The maximum Gasteiger partial charge on any atom is 0.346 e. The second kappa shape index (κ2) is 12.6. The Kier molecular flexibility index (Phi) is 9.88. The molecule has 0 aliphatic rings. The smallest absolute Gasteiger partial charge is 0.346 e. The van der Waals surface area contributed by atoms with E-state index in [1.54, 1.807) is 18.2 Å². The highest BCUT2D eigenvalue weighted by Gasteiger charge is 2.21. The molecule has 0 aliphatic carbocycles. The fraction of sp³-hybridized carbons (Fsp3) is 0.240. The van der Waals surface area contributed by atoms with Gasteiger partial charge in [-0.25, -0.2) is 4.79 Å². The van der Waals surface area contributed by atoms with Gasteiger partial charge in [0.25, 0.3) is 0 Å². The Bertz CT molecular complexity index is 935. The molecule has 164 valence electrons. The van der Waals surface area contributed by atoms with Gasteiger partial charge in [0.1, 0.15) is 30.3 Å². The Labute approximate surface area is 189 Å². The van der Waals surface area contributed by atoms with Crippen molar-refractivity contribution in [3.8, 4) is 11.5 Å². The lowest BCUT2D eigenvalue weighted by Crippen LogP contribution is -2.30. The van der Waals surface area contributed by atoms with Crippen LogP contribution < -0.4 is 15.2 Å². The molecule has 0 saturated carbocycles. The monoisotopic (exact) mass is 441 g/mol. The molecular weight excluding hydrogens is 414 g/mol. The molecule has 5 nitrogen and oxygen atoms in total. The average Bonchev–Trinajstić information content (AvgIpc) is 2.78. The van der Waals surface area contributed by atoms with Crippen LogP contribution in [0.25, 0.3) is 0 Å². The number of halogens is 1. The van der Waals surface area contributed by atoms with Crippen molar-refractivity contribution in [3.63, 3.8) is 0 Å². The lowest BCUT2D eigenvalue weighted by Gasteiger charge is -2.17. The van der Waals surface area contributed by atoms with Crippen LogP contribution in [0.4, 0.5) is 0 Å². The number of carbonyl (C=O) groups is 1. The van der Waals surface area contributed by atoms with Crippen LogP contribution in [-0.4, -0.2) is 25.2 Å². The van der Waals surface area contributed by atoms with Crippen molar-refractivity contribution in [3.05, 3.63) is 95.6 Å². The molecule has 0 heterocycles. The Balaban J connectivity index is 0.00000341. The number of hydrogen-bond acceptors (Lipinski definition) is 5. The summed E-state index contributed by atoms with van der Waals surface area (Å²) in [5.41, 5.74) is 8.57. The van der Waals surface area contributed by atoms with Gasteiger partial charge >= 0.3 is 5.97 Å². The van der Waals surface area contributed by atoms with Gasteiger partial charge in [-0.3, -0.25) is 0 Å². The van der Waals surface area contributed by atoms with E-state index in [2.05, 4.69) is 0 Å². The molecule has 0 aliphatic heterocycles. The predicted molar refractivity (Wildman–Crippen MR) is 124 cm³/mol. The summed E-state index contributed by atoms with van der Waals surface area (Å²) in [5, 5.41) is 0. The third-order valence-electron chi connectivity index (χ3n) is 4.50. The van der Waals surface area contributed by atoms with Crippen LogP contribution in [0, 0.1) is 0 Å². The van der Waals surface area contributed by atoms with E-state index in [1.807, 2.05) is 67.6 Å². The molecule has 0 bridgehead atoms. The molecule has 0 spiro atoms. The number of benzene rings is 3. The zero-order valence-electron chi connectivity index (χ0n) is 17.5. The second-order valence-electron chi connectivity index (χ2n) is 6.88. The Morgan fingerprint density at radius 3 is 2.03 bits per heavy atom. The van der Waals surface area contributed by atoms with Gasteiger partial charge in [0.05, 0.1) is 6.61 Å². The minimum Gasteiger partial charge on any atom is -0.493 e. The first kappa shape index (κ1) is 24.3. The molecule has 3 aromatic carbocycles. The van der Waals surface area contributed by atoms with E-state index in [0.29, 0.717) is 24.5 Å². The summed E-state index contributed by atoms with van der Waals surface area (Å²) < 4.78 is 17.1. The fourth-order valence-electron chi connectivity index (χ4n) is 3.08. The molecule has 1 atom stereocenters. The molecule has 3 aromatic rings. The lowest BCUT2D eigenvalue weighted by atomic mass is 10.1. The van der Waals surface area contributed by atoms with E-state index in [1.165, 1.54) is 0 Å². The van der Waals surface area contributed by atoms with Gasteiger partial charge in [-0.2, -0.15) is 0 Å². The van der Waals surface area contributed by atoms with Crippen molar-refractivity contribution < 1.29 is 19.0 Å². The van der Waals surface area contributed by atoms with E-state index >= 15 is 0 Å². The number of rotatable bonds is 10. The largest absolute Gasteiger partial charge is 0.493 e. The zero-order chi connectivity index (χ0) is 21.2. The summed E-state index contributed by atoms with van der Waals surface area (Å²) >= 11 is 0. The van der Waals surface area contributed by atoms with Crippen molar-refractivity contribution in [2.75, 3.05) is 13.2 Å². The number of esters is 1. The van der Waals surface area contributed by atoms with Crippen LogP contribution in [0.3, 0.4) is 0 Å². The Hall–Kier alpha value is -3.02. The minimum absolute atomic E-state index is 0. The van der Waals surface area contributed by atoms with Gasteiger partial charge in [-0.1, -0.05) is 66.7 Å². The molecule has 31 heavy (non-hydrogen) atoms. The Morgan fingerprint density at radius 1 is 0.839 bits per heavy atom. The Morgan fingerprint density at radius 2 is 1.42 bits per heavy atom. The summed E-state index contributed by atoms with van der Waals surface area (Å²) in [7, 11) is 0. The van der Waals surface area contributed by atoms with E-state index in [0.717, 1.165) is 11.1 Å². The molecule has 1 unspecified atom stereocenters. The highest BCUT2D eigenvalue weighted by atomic mass is 35.5. The van der Waals surface area contributed by atoms with Crippen molar-refractivity contribution in [2.24, 2.45) is 5.73 Å². The first-order valence-electron chi connectivity index (χ1n) is 10.1. The van der Waals surface area contributed by atoms with Gasteiger partial charge in [-0.15, -0.1) is 12.4 Å². The minimum atomic E-state index is -0.491.